The molecule has 0 bridgehead atoms. The first kappa shape index (κ1) is 13.6. The second-order valence-electron chi connectivity index (χ2n) is 4.94. The fourth-order valence-electron chi connectivity index (χ4n) is 2.91. The Labute approximate surface area is 126 Å². The summed E-state index contributed by atoms with van der Waals surface area (Å²) in [6.07, 6.45) is 0.972. The maximum Gasteiger partial charge on any atom is 0.153 e. The highest BCUT2D eigenvalue weighted by molar-refractivity contribution is 9.10. The zero-order valence-electron chi connectivity index (χ0n) is 11.5. The molecular weight excluding hydrogens is 320 g/mol. The predicted octanol–water partition coefficient (Wildman–Crippen LogP) is 2.40. The molecule has 0 aliphatic carbocycles. The molecule has 2 aromatic rings. The molecule has 6 heteroatoms. The van der Waals surface area contributed by atoms with Gasteiger partial charge in [-0.15, -0.1) is 5.10 Å². The second-order valence-corrected chi connectivity index (χ2v) is 5.69. The van der Waals surface area contributed by atoms with Crippen molar-refractivity contribution in [3.05, 3.63) is 40.1 Å². The molecule has 5 nitrogen and oxygen atoms in total. The summed E-state index contributed by atoms with van der Waals surface area (Å²) in [6, 6.07) is 8.39. The summed E-state index contributed by atoms with van der Waals surface area (Å²) in [7, 11) is 3.89. The summed E-state index contributed by atoms with van der Waals surface area (Å²) in [5, 5.41) is 11.6. The number of nitrogens with zero attached hydrogens (tertiary/aromatic N) is 3. The molecule has 2 atom stereocenters. The lowest BCUT2D eigenvalue weighted by molar-refractivity contribution is 0.246. The van der Waals surface area contributed by atoms with Crippen molar-refractivity contribution in [3.8, 4) is 5.75 Å². The van der Waals surface area contributed by atoms with E-state index < -0.39 is 0 Å². The molecule has 1 N–H and O–H groups in total. The zero-order valence-corrected chi connectivity index (χ0v) is 13.1. The minimum absolute atomic E-state index is 0.148. The summed E-state index contributed by atoms with van der Waals surface area (Å²) in [5.41, 5.74) is 2.31. The number of aromatic nitrogens is 3. The van der Waals surface area contributed by atoms with Crippen LogP contribution in [-0.4, -0.2) is 28.6 Å². The molecule has 0 amide bonds. The third kappa shape index (κ3) is 2.23. The van der Waals surface area contributed by atoms with Gasteiger partial charge in [-0.05, 0) is 41.0 Å². The molecule has 2 heterocycles. The molecule has 106 valence electrons. The van der Waals surface area contributed by atoms with Crippen LogP contribution < -0.4 is 10.1 Å². The smallest absolute Gasteiger partial charge is 0.153 e. The molecule has 0 radical (unpaired) electrons. The largest absolute Gasteiger partial charge is 0.493 e. The maximum absolute atomic E-state index is 5.75. The van der Waals surface area contributed by atoms with E-state index in [-0.39, 0.29) is 6.04 Å². The molecule has 3 rings (SSSR count). The predicted molar refractivity (Wildman–Crippen MR) is 79.8 cm³/mol. The summed E-state index contributed by atoms with van der Waals surface area (Å²) >= 11 is 3.50. The van der Waals surface area contributed by atoms with Gasteiger partial charge in [-0.25, -0.2) is 4.68 Å². The van der Waals surface area contributed by atoms with E-state index >= 15 is 0 Å². The SMILES string of the molecule is CNC(c1c(Br)nnn1C)C1CCOc2ccccc21. The number of fused-ring (bicyclic) bond motifs is 1. The Morgan fingerprint density at radius 2 is 2.25 bits per heavy atom. The third-order valence-electron chi connectivity index (χ3n) is 3.84. The zero-order chi connectivity index (χ0) is 14.1. The van der Waals surface area contributed by atoms with Crippen molar-refractivity contribution in [1.29, 1.82) is 0 Å². The second kappa shape index (κ2) is 5.54. The van der Waals surface area contributed by atoms with Crippen molar-refractivity contribution in [2.75, 3.05) is 13.7 Å². The first-order valence-corrected chi connectivity index (χ1v) is 7.45. The normalized spacial score (nSPS) is 19.2. The maximum atomic E-state index is 5.75. The number of benzene rings is 1. The van der Waals surface area contributed by atoms with Crippen LogP contribution in [0, 0.1) is 0 Å². The van der Waals surface area contributed by atoms with Crippen molar-refractivity contribution >= 4 is 15.9 Å². The lowest BCUT2D eigenvalue weighted by Gasteiger charge is -2.32. The minimum atomic E-state index is 0.148. The number of ether oxygens (including phenoxy) is 1. The van der Waals surface area contributed by atoms with Gasteiger partial charge in [0.15, 0.2) is 4.60 Å². The third-order valence-corrected chi connectivity index (χ3v) is 4.40. The van der Waals surface area contributed by atoms with Crippen LogP contribution in [0.15, 0.2) is 28.9 Å². The number of nitrogens with one attached hydrogen (secondary N) is 1. The summed E-state index contributed by atoms with van der Waals surface area (Å²) in [6.45, 7) is 0.739. The Morgan fingerprint density at radius 3 is 2.95 bits per heavy atom. The van der Waals surface area contributed by atoms with Gasteiger partial charge in [0, 0.05) is 13.0 Å². The van der Waals surface area contributed by atoms with Crippen LogP contribution in [0.3, 0.4) is 0 Å². The summed E-state index contributed by atoms with van der Waals surface area (Å²) in [5.74, 6) is 1.33. The average Bonchev–Trinajstić information content (AvgIpc) is 2.81. The number of para-hydroxylation sites is 1. The fraction of sp³-hybridized carbons (Fsp3) is 0.429. The highest BCUT2D eigenvalue weighted by Crippen LogP contribution is 2.42. The number of likely N-dealkylation sites (N-methyl/N-ethyl adjacent to an activating group) is 1. The molecule has 1 aromatic heterocycles. The lowest BCUT2D eigenvalue weighted by atomic mass is 9.85. The fourth-order valence-corrected chi connectivity index (χ4v) is 3.49. The molecule has 1 aliphatic heterocycles. The van der Waals surface area contributed by atoms with Crippen molar-refractivity contribution < 1.29 is 4.74 Å². The van der Waals surface area contributed by atoms with Crippen LogP contribution in [0.2, 0.25) is 0 Å². The molecule has 0 spiro atoms. The standard InChI is InChI=1S/C14H17BrN4O/c1-16-12(13-14(15)17-18-19(13)2)10-7-8-20-11-6-4-3-5-9(10)11/h3-6,10,12,16H,7-8H2,1-2H3. The van der Waals surface area contributed by atoms with Crippen LogP contribution >= 0.6 is 15.9 Å². The average molecular weight is 337 g/mol. The first-order valence-electron chi connectivity index (χ1n) is 6.66. The molecule has 0 saturated heterocycles. The van der Waals surface area contributed by atoms with E-state index in [9.17, 15) is 0 Å². The van der Waals surface area contributed by atoms with E-state index in [2.05, 4.69) is 43.7 Å². The van der Waals surface area contributed by atoms with Gasteiger partial charge >= 0.3 is 0 Å². The van der Waals surface area contributed by atoms with Crippen molar-refractivity contribution in [2.24, 2.45) is 7.05 Å². The molecule has 1 aliphatic rings. The van der Waals surface area contributed by atoms with Gasteiger partial charge < -0.3 is 10.1 Å². The minimum Gasteiger partial charge on any atom is -0.493 e. The van der Waals surface area contributed by atoms with E-state index in [0.717, 1.165) is 29.1 Å². The van der Waals surface area contributed by atoms with Gasteiger partial charge in [0.25, 0.3) is 0 Å². The van der Waals surface area contributed by atoms with E-state index in [4.69, 9.17) is 4.74 Å². The van der Waals surface area contributed by atoms with Crippen LogP contribution in [-0.2, 0) is 7.05 Å². The number of rotatable bonds is 3. The van der Waals surface area contributed by atoms with E-state index in [1.165, 1.54) is 5.56 Å². The van der Waals surface area contributed by atoms with Gasteiger partial charge in [-0.2, -0.15) is 0 Å². The van der Waals surface area contributed by atoms with E-state index in [0.29, 0.717) is 5.92 Å². The molecule has 0 fully saturated rings. The molecule has 2 unspecified atom stereocenters. The van der Waals surface area contributed by atoms with Gasteiger partial charge in [0.2, 0.25) is 0 Å². The van der Waals surface area contributed by atoms with E-state index in [1.54, 1.807) is 0 Å². The van der Waals surface area contributed by atoms with Gasteiger partial charge in [-0.1, -0.05) is 23.4 Å². The van der Waals surface area contributed by atoms with Crippen LogP contribution in [0.25, 0.3) is 0 Å². The molecular formula is C14H17BrN4O. The highest BCUT2D eigenvalue weighted by Gasteiger charge is 2.32. The number of hydrogen-bond acceptors (Lipinski definition) is 4. The molecule has 1 aromatic carbocycles. The van der Waals surface area contributed by atoms with Gasteiger partial charge in [0.1, 0.15) is 5.75 Å². The summed E-state index contributed by atoms with van der Waals surface area (Å²) in [4.78, 5) is 0. The number of hydrogen-bond donors (Lipinski definition) is 1. The highest BCUT2D eigenvalue weighted by atomic mass is 79.9. The van der Waals surface area contributed by atoms with Crippen LogP contribution in [0.5, 0.6) is 5.75 Å². The van der Waals surface area contributed by atoms with Gasteiger partial charge in [-0.3, -0.25) is 0 Å². The van der Waals surface area contributed by atoms with Crippen LogP contribution in [0.4, 0.5) is 0 Å². The lowest BCUT2D eigenvalue weighted by Crippen LogP contribution is -2.29. The first-order chi connectivity index (χ1) is 9.72. The Hall–Kier alpha value is -1.40. The Bertz CT molecular complexity index is 593. The Kier molecular flexibility index (Phi) is 3.76. The monoisotopic (exact) mass is 336 g/mol. The van der Waals surface area contributed by atoms with Crippen molar-refractivity contribution in [1.82, 2.24) is 20.3 Å². The molecule has 0 saturated carbocycles. The summed E-state index contributed by atoms with van der Waals surface area (Å²) < 4.78 is 8.37. The Morgan fingerprint density at radius 1 is 1.45 bits per heavy atom. The Balaban J connectivity index is 2.03. The van der Waals surface area contributed by atoms with Gasteiger partial charge in [0.05, 0.1) is 18.3 Å². The topological polar surface area (TPSA) is 52.0 Å². The van der Waals surface area contributed by atoms with E-state index in [1.807, 2.05) is 30.9 Å². The van der Waals surface area contributed by atoms with Crippen molar-refractivity contribution in [3.63, 3.8) is 0 Å². The number of halogens is 1. The quantitative estimate of drug-likeness (QED) is 0.935. The van der Waals surface area contributed by atoms with Crippen molar-refractivity contribution in [2.45, 2.75) is 18.4 Å². The number of aryl methyl sites for hydroxylation is 1. The molecule has 20 heavy (non-hydrogen) atoms. The van der Waals surface area contributed by atoms with Crippen LogP contribution in [0.1, 0.15) is 29.6 Å².